The molecule has 0 spiro atoms. The van der Waals surface area contributed by atoms with E-state index in [-0.39, 0.29) is 11.5 Å². The molecule has 122 valence electrons. The van der Waals surface area contributed by atoms with Crippen molar-refractivity contribution in [3.63, 3.8) is 0 Å². The fraction of sp³-hybridized carbons (Fsp3) is 0.263. The highest BCUT2D eigenvalue weighted by atomic mass is 16.3. The smallest absolute Gasteiger partial charge is 0.164 e. The number of hydrogen-bond acceptors (Lipinski definition) is 4. The number of aromatic hydroxyl groups is 2. The Morgan fingerprint density at radius 3 is 2.13 bits per heavy atom. The number of benzene rings is 2. The van der Waals surface area contributed by atoms with Gasteiger partial charge in [-0.15, -0.1) is 0 Å². The molecular weight excluding hydrogens is 288 g/mol. The molecule has 4 N–H and O–H groups in total. The third-order valence-electron chi connectivity index (χ3n) is 3.69. The Kier molecular flexibility index (Phi) is 6.66. The minimum Gasteiger partial charge on any atom is -0.504 e. The molecule has 3 rings (SSSR count). The molecular formula is C19H24N2O2. The maximum atomic E-state index is 9.57. The van der Waals surface area contributed by atoms with Crippen LogP contribution < -0.4 is 5.84 Å². The number of para-hydroxylation sites is 1. The molecule has 23 heavy (non-hydrogen) atoms. The van der Waals surface area contributed by atoms with Crippen molar-refractivity contribution in [3.8, 4) is 11.5 Å². The third kappa shape index (κ3) is 5.77. The third-order valence-corrected chi connectivity index (χ3v) is 3.69. The van der Waals surface area contributed by atoms with Crippen molar-refractivity contribution in [1.82, 2.24) is 5.01 Å². The molecule has 1 saturated heterocycles. The number of nitrogens with two attached hydrogens (primary N) is 1. The fourth-order valence-electron chi connectivity index (χ4n) is 2.35. The number of piperidine rings is 1. The van der Waals surface area contributed by atoms with E-state index in [0.29, 0.717) is 5.56 Å². The lowest BCUT2D eigenvalue weighted by Crippen LogP contribution is -2.35. The van der Waals surface area contributed by atoms with Gasteiger partial charge in [0.25, 0.3) is 0 Å². The van der Waals surface area contributed by atoms with Crippen LogP contribution in [0.5, 0.6) is 11.5 Å². The van der Waals surface area contributed by atoms with E-state index in [2.05, 4.69) is 0 Å². The van der Waals surface area contributed by atoms with Crippen molar-refractivity contribution < 1.29 is 10.2 Å². The van der Waals surface area contributed by atoms with E-state index in [1.165, 1.54) is 25.3 Å². The molecule has 0 atom stereocenters. The molecule has 0 aromatic heterocycles. The van der Waals surface area contributed by atoms with Crippen LogP contribution in [-0.4, -0.2) is 28.3 Å². The number of hydrazine groups is 1. The monoisotopic (exact) mass is 312 g/mol. The second-order valence-electron chi connectivity index (χ2n) is 5.56. The quantitative estimate of drug-likeness (QED) is 0.450. The minimum absolute atomic E-state index is 0.0883. The van der Waals surface area contributed by atoms with E-state index in [1.54, 1.807) is 18.2 Å². The first-order valence-electron chi connectivity index (χ1n) is 7.90. The van der Waals surface area contributed by atoms with Gasteiger partial charge in [0.05, 0.1) is 0 Å². The van der Waals surface area contributed by atoms with Gasteiger partial charge in [-0.25, -0.2) is 5.01 Å². The van der Waals surface area contributed by atoms with E-state index in [1.807, 2.05) is 41.4 Å². The number of nitrogens with zero attached hydrogens (tertiary/aromatic N) is 1. The second-order valence-corrected chi connectivity index (χ2v) is 5.56. The van der Waals surface area contributed by atoms with Gasteiger partial charge >= 0.3 is 0 Å². The SMILES string of the molecule is NN1CCCCC1.Oc1cccc(C=Cc2ccccc2)c1O. The lowest BCUT2D eigenvalue weighted by Gasteiger charge is -2.20. The van der Waals surface area contributed by atoms with Crippen LogP contribution in [0.1, 0.15) is 30.4 Å². The summed E-state index contributed by atoms with van der Waals surface area (Å²) < 4.78 is 0. The lowest BCUT2D eigenvalue weighted by molar-refractivity contribution is 0.235. The number of hydrogen-bond donors (Lipinski definition) is 3. The fourth-order valence-corrected chi connectivity index (χ4v) is 2.35. The first-order chi connectivity index (χ1) is 11.2. The Morgan fingerprint density at radius 2 is 1.52 bits per heavy atom. The summed E-state index contributed by atoms with van der Waals surface area (Å²) in [6.07, 6.45) is 7.60. The van der Waals surface area contributed by atoms with Crippen LogP contribution in [0.25, 0.3) is 12.2 Å². The Morgan fingerprint density at radius 1 is 0.826 bits per heavy atom. The van der Waals surface area contributed by atoms with Gasteiger partial charge in [0.1, 0.15) is 0 Å². The van der Waals surface area contributed by atoms with Crippen LogP contribution in [-0.2, 0) is 0 Å². The summed E-state index contributed by atoms with van der Waals surface area (Å²) in [6.45, 7) is 2.19. The number of phenols is 2. The molecule has 0 unspecified atom stereocenters. The Labute approximate surface area is 137 Å². The van der Waals surface area contributed by atoms with E-state index >= 15 is 0 Å². The summed E-state index contributed by atoms with van der Waals surface area (Å²) in [5.41, 5.74) is 1.65. The first kappa shape index (κ1) is 17.1. The predicted molar refractivity (Wildman–Crippen MR) is 94.8 cm³/mol. The van der Waals surface area contributed by atoms with Gasteiger partial charge < -0.3 is 10.2 Å². The first-order valence-corrected chi connectivity index (χ1v) is 7.90. The van der Waals surface area contributed by atoms with Gasteiger partial charge in [-0.05, 0) is 24.5 Å². The van der Waals surface area contributed by atoms with Gasteiger partial charge in [-0.2, -0.15) is 0 Å². The highest BCUT2D eigenvalue weighted by Gasteiger charge is 2.03. The maximum Gasteiger partial charge on any atom is 0.164 e. The normalized spacial score (nSPS) is 15.2. The molecule has 4 nitrogen and oxygen atoms in total. The van der Waals surface area contributed by atoms with Crippen molar-refractivity contribution >= 4 is 12.2 Å². The van der Waals surface area contributed by atoms with Gasteiger partial charge in [0.2, 0.25) is 0 Å². The molecule has 0 bridgehead atoms. The van der Waals surface area contributed by atoms with E-state index in [0.717, 1.165) is 18.7 Å². The molecule has 0 radical (unpaired) electrons. The van der Waals surface area contributed by atoms with E-state index in [9.17, 15) is 10.2 Å². The predicted octanol–water partition coefficient (Wildman–Crippen LogP) is 3.61. The summed E-state index contributed by atoms with van der Waals surface area (Å²) in [5.74, 6) is 5.28. The van der Waals surface area contributed by atoms with Crippen molar-refractivity contribution in [3.05, 3.63) is 59.7 Å². The van der Waals surface area contributed by atoms with Gasteiger partial charge in [-0.1, -0.05) is 61.0 Å². The summed E-state index contributed by atoms with van der Waals surface area (Å²) in [7, 11) is 0. The zero-order valence-corrected chi connectivity index (χ0v) is 13.2. The van der Waals surface area contributed by atoms with Crippen LogP contribution in [0.15, 0.2) is 48.5 Å². The van der Waals surface area contributed by atoms with Crippen molar-refractivity contribution in [2.24, 2.45) is 5.84 Å². The van der Waals surface area contributed by atoms with E-state index in [4.69, 9.17) is 5.84 Å². The summed E-state index contributed by atoms with van der Waals surface area (Å²) in [4.78, 5) is 0. The van der Waals surface area contributed by atoms with Crippen LogP contribution in [0, 0.1) is 0 Å². The average Bonchev–Trinajstić information content (AvgIpc) is 2.58. The number of rotatable bonds is 2. The summed E-state index contributed by atoms with van der Waals surface area (Å²) in [6, 6.07) is 14.7. The van der Waals surface area contributed by atoms with Gasteiger partial charge in [0.15, 0.2) is 11.5 Å². The Bertz CT molecular complexity index is 621. The van der Waals surface area contributed by atoms with Crippen LogP contribution in [0.2, 0.25) is 0 Å². The molecule has 0 amide bonds. The van der Waals surface area contributed by atoms with Crippen LogP contribution in [0.3, 0.4) is 0 Å². The Hall–Kier alpha value is -2.30. The Balaban J connectivity index is 0.000000229. The van der Waals surface area contributed by atoms with Crippen LogP contribution >= 0.6 is 0 Å². The topological polar surface area (TPSA) is 69.7 Å². The molecule has 0 saturated carbocycles. The van der Waals surface area contributed by atoms with Crippen LogP contribution in [0.4, 0.5) is 0 Å². The molecule has 1 fully saturated rings. The highest BCUT2D eigenvalue weighted by molar-refractivity contribution is 5.73. The van der Waals surface area contributed by atoms with E-state index < -0.39 is 0 Å². The van der Waals surface area contributed by atoms with Crippen molar-refractivity contribution in [2.75, 3.05) is 13.1 Å². The zero-order chi connectivity index (χ0) is 16.5. The average molecular weight is 312 g/mol. The molecule has 2 aromatic rings. The zero-order valence-electron chi connectivity index (χ0n) is 13.2. The largest absolute Gasteiger partial charge is 0.504 e. The maximum absolute atomic E-state index is 9.57. The second kappa shape index (κ2) is 8.98. The summed E-state index contributed by atoms with van der Waals surface area (Å²) >= 11 is 0. The summed E-state index contributed by atoms with van der Waals surface area (Å²) in [5, 5.41) is 20.8. The van der Waals surface area contributed by atoms with Crippen molar-refractivity contribution in [1.29, 1.82) is 0 Å². The molecule has 2 aromatic carbocycles. The minimum atomic E-state index is -0.102. The number of phenolic OH excluding ortho intramolecular Hbond substituents is 2. The molecule has 1 heterocycles. The van der Waals surface area contributed by atoms with Gasteiger partial charge in [-0.3, -0.25) is 5.84 Å². The standard InChI is InChI=1S/C14H12O2.C5H12N2/c15-13-8-4-7-12(14(13)16)10-9-11-5-2-1-3-6-11;6-7-4-2-1-3-5-7/h1-10,15-16H;1-6H2. The molecule has 0 aliphatic carbocycles. The molecule has 1 aliphatic heterocycles. The molecule has 1 aliphatic rings. The lowest BCUT2D eigenvalue weighted by atomic mass is 10.1. The van der Waals surface area contributed by atoms with Gasteiger partial charge in [0, 0.05) is 18.7 Å². The van der Waals surface area contributed by atoms with Crippen molar-refractivity contribution in [2.45, 2.75) is 19.3 Å². The highest BCUT2D eigenvalue weighted by Crippen LogP contribution is 2.29. The molecule has 4 heteroatoms.